The number of aromatic nitrogens is 1. The Morgan fingerprint density at radius 2 is 1.68 bits per heavy atom. The fourth-order valence-corrected chi connectivity index (χ4v) is 2.74. The summed E-state index contributed by atoms with van der Waals surface area (Å²) >= 11 is 0. The zero-order valence-corrected chi connectivity index (χ0v) is 13.6. The number of nitrogens with one attached hydrogen (secondary N) is 2. The number of hydrogen-bond acceptors (Lipinski definition) is 4. The SMILES string of the molecule is O=C(NO)C(c1ccccc1)c1cccc(NCc2ccncc2)c1. The quantitative estimate of drug-likeness (QED) is 0.478. The van der Waals surface area contributed by atoms with E-state index in [-0.39, 0.29) is 0 Å². The van der Waals surface area contributed by atoms with Gasteiger partial charge < -0.3 is 5.32 Å². The molecule has 0 aliphatic rings. The van der Waals surface area contributed by atoms with E-state index >= 15 is 0 Å². The minimum absolute atomic E-state index is 0.461. The van der Waals surface area contributed by atoms with Crippen LogP contribution in [0.15, 0.2) is 79.1 Å². The Kier molecular flexibility index (Phi) is 5.39. The van der Waals surface area contributed by atoms with Gasteiger partial charge in [0.15, 0.2) is 0 Å². The van der Waals surface area contributed by atoms with Crippen LogP contribution in [-0.4, -0.2) is 16.1 Å². The van der Waals surface area contributed by atoms with Gasteiger partial charge in [-0.3, -0.25) is 15.0 Å². The van der Waals surface area contributed by atoms with Crippen molar-refractivity contribution in [3.63, 3.8) is 0 Å². The number of amides is 1. The maximum Gasteiger partial charge on any atom is 0.255 e. The van der Waals surface area contributed by atoms with Crippen molar-refractivity contribution in [3.8, 4) is 0 Å². The van der Waals surface area contributed by atoms with Gasteiger partial charge in [0, 0.05) is 24.6 Å². The first-order valence-corrected chi connectivity index (χ1v) is 7.99. The molecule has 0 fully saturated rings. The summed E-state index contributed by atoms with van der Waals surface area (Å²) in [6, 6.07) is 20.9. The molecular weight excluding hydrogens is 314 g/mol. The molecule has 0 radical (unpaired) electrons. The lowest BCUT2D eigenvalue weighted by Crippen LogP contribution is -2.27. The number of anilines is 1. The summed E-state index contributed by atoms with van der Waals surface area (Å²) in [6.07, 6.45) is 3.51. The van der Waals surface area contributed by atoms with Gasteiger partial charge in [-0.1, -0.05) is 42.5 Å². The van der Waals surface area contributed by atoms with Gasteiger partial charge in [0.05, 0.1) is 5.92 Å². The number of hydroxylamine groups is 1. The molecule has 1 aromatic heterocycles. The molecule has 2 aromatic carbocycles. The minimum Gasteiger partial charge on any atom is -0.381 e. The maximum absolute atomic E-state index is 12.2. The lowest BCUT2D eigenvalue weighted by Gasteiger charge is -2.17. The lowest BCUT2D eigenvalue weighted by atomic mass is 9.90. The normalized spacial score (nSPS) is 11.6. The number of carbonyl (C=O) groups is 1. The molecular formula is C20H19N3O2. The van der Waals surface area contributed by atoms with E-state index in [1.807, 2.05) is 66.7 Å². The van der Waals surface area contributed by atoms with Crippen LogP contribution in [0.5, 0.6) is 0 Å². The van der Waals surface area contributed by atoms with Crippen molar-refractivity contribution >= 4 is 11.6 Å². The summed E-state index contributed by atoms with van der Waals surface area (Å²) in [5.74, 6) is -1.04. The molecule has 0 aliphatic heterocycles. The predicted octanol–water partition coefficient (Wildman–Crippen LogP) is 3.33. The highest BCUT2D eigenvalue weighted by atomic mass is 16.5. The largest absolute Gasteiger partial charge is 0.381 e. The summed E-state index contributed by atoms with van der Waals surface area (Å²) < 4.78 is 0. The standard InChI is InChI=1S/C20H19N3O2/c24-20(23-25)19(16-5-2-1-3-6-16)17-7-4-8-18(13-17)22-14-15-9-11-21-12-10-15/h1-13,19,22,25H,14H2,(H,23,24). The summed E-state index contributed by atoms with van der Waals surface area (Å²) in [5, 5.41) is 12.5. The second-order valence-electron chi connectivity index (χ2n) is 5.65. The summed E-state index contributed by atoms with van der Waals surface area (Å²) in [5.41, 5.74) is 5.42. The van der Waals surface area contributed by atoms with Crippen molar-refractivity contribution in [2.24, 2.45) is 0 Å². The molecule has 1 heterocycles. The van der Waals surface area contributed by atoms with E-state index in [1.165, 1.54) is 0 Å². The second kappa shape index (κ2) is 8.08. The maximum atomic E-state index is 12.2. The van der Waals surface area contributed by atoms with E-state index in [1.54, 1.807) is 17.9 Å². The molecule has 0 spiro atoms. The van der Waals surface area contributed by atoms with Crippen molar-refractivity contribution < 1.29 is 10.0 Å². The van der Waals surface area contributed by atoms with Crippen LogP contribution in [0.25, 0.3) is 0 Å². The molecule has 5 nitrogen and oxygen atoms in total. The Labute approximate surface area is 146 Å². The molecule has 5 heteroatoms. The van der Waals surface area contributed by atoms with Gasteiger partial charge in [0.25, 0.3) is 5.91 Å². The molecule has 3 aromatic rings. The van der Waals surface area contributed by atoms with Gasteiger partial charge in [0.1, 0.15) is 0 Å². The van der Waals surface area contributed by atoms with Crippen molar-refractivity contribution in [2.45, 2.75) is 12.5 Å². The molecule has 0 aliphatic carbocycles. The van der Waals surface area contributed by atoms with E-state index in [2.05, 4.69) is 10.3 Å². The van der Waals surface area contributed by atoms with Gasteiger partial charge in [-0.05, 0) is 41.0 Å². The number of carbonyl (C=O) groups excluding carboxylic acids is 1. The Balaban J connectivity index is 1.84. The van der Waals surface area contributed by atoms with Crippen LogP contribution in [0.1, 0.15) is 22.6 Å². The number of rotatable bonds is 6. The van der Waals surface area contributed by atoms with Crippen molar-refractivity contribution in [2.75, 3.05) is 5.32 Å². The molecule has 1 atom stereocenters. The molecule has 126 valence electrons. The van der Waals surface area contributed by atoms with Crippen LogP contribution in [-0.2, 0) is 11.3 Å². The first-order valence-electron chi connectivity index (χ1n) is 7.99. The Morgan fingerprint density at radius 1 is 0.960 bits per heavy atom. The van der Waals surface area contributed by atoms with E-state index in [4.69, 9.17) is 5.21 Å². The third-order valence-corrected chi connectivity index (χ3v) is 3.97. The van der Waals surface area contributed by atoms with Crippen LogP contribution < -0.4 is 10.8 Å². The summed E-state index contributed by atoms with van der Waals surface area (Å²) in [6.45, 7) is 0.661. The van der Waals surface area contributed by atoms with Gasteiger partial charge >= 0.3 is 0 Å². The first kappa shape index (κ1) is 16.7. The second-order valence-corrected chi connectivity index (χ2v) is 5.65. The van der Waals surface area contributed by atoms with Crippen LogP contribution in [0.3, 0.4) is 0 Å². The van der Waals surface area contributed by atoms with Gasteiger partial charge in [-0.15, -0.1) is 0 Å². The van der Waals surface area contributed by atoms with Gasteiger partial charge in [-0.25, -0.2) is 5.48 Å². The van der Waals surface area contributed by atoms with Gasteiger partial charge in [0.2, 0.25) is 0 Å². The number of nitrogens with zero attached hydrogens (tertiary/aromatic N) is 1. The fraction of sp³-hybridized carbons (Fsp3) is 0.100. The highest BCUT2D eigenvalue weighted by Gasteiger charge is 2.22. The van der Waals surface area contributed by atoms with E-state index in [0.29, 0.717) is 6.54 Å². The Bertz CT molecular complexity index is 823. The molecule has 1 amide bonds. The van der Waals surface area contributed by atoms with Crippen LogP contribution in [0.2, 0.25) is 0 Å². The highest BCUT2D eigenvalue weighted by Crippen LogP contribution is 2.27. The molecule has 3 rings (SSSR count). The number of hydrogen-bond donors (Lipinski definition) is 3. The smallest absolute Gasteiger partial charge is 0.255 e. The van der Waals surface area contributed by atoms with E-state index in [9.17, 15) is 4.79 Å². The first-order chi connectivity index (χ1) is 12.3. The van der Waals surface area contributed by atoms with Crippen LogP contribution >= 0.6 is 0 Å². The minimum atomic E-state index is -0.575. The van der Waals surface area contributed by atoms with E-state index in [0.717, 1.165) is 22.4 Å². The van der Waals surface area contributed by atoms with Gasteiger partial charge in [-0.2, -0.15) is 0 Å². The third kappa shape index (κ3) is 4.22. The lowest BCUT2D eigenvalue weighted by molar-refractivity contribution is -0.129. The molecule has 0 bridgehead atoms. The van der Waals surface area contributed by atoms with Crippen molar-refractivity contribution in [1.82, 2.24) is 10.5 Å². The molecule has 1 unspecified atom stereocenters. The van der Waals surface area contributed by atoms with Crippen molar-refractivity contribution in [3.05, 3.63) is 95.8 Å². The third-order valence-electron chi connectivity index (χ3n) is 3.97. The molecule has 3 N–H and O–H groups in total. The molecule has 0 saturated carbocycles. The van der Waals surface area contributed by atoms with Crippen LogP contribution in [0, 0.1) is 0 Å². The van der Waals surface area contributed by atoms with Crippen LogP contribution in [0.4, 0.5) is 5.69 Å². The highest BCUT2D eigenvalue weighted by molar-refractivity contribution is 5.86. The predicted molar refractivity (Wildman–Crippen MR) is 96.2 cm³/mol. The summed E-state index contributed by atoms with van der Waals surface area (Å²) in [7, 11) is 0. The summed E-state index contributed by atoms with van der Waals surface area (Å²) in [4.78, 5) is 16.2. The monoisotopic (exact) mass is 333 g/mol. The Morgan fingerprint density at radius 3 is 2.40 bits per heavy atom. The average molecular weight is 333 g/mol. The molecule has 25 heavy (non-hydrogen) atoms. The van der Waals surface area contributed by atoms with Crippen molar-refractivity contribution in [1.29, 1.82) is 0 Å². The van der Waals surface area contributed by atoms with E-state index < -0.39 is 11.8 Å². The average Bonchev–Trinajstić information content (AvgIpc) is 2.68. The topological polar surface area (TPSA) is 74.2 Å². The number of pyridine rings is 1. The zero-order valence-electron chi connectivity index (χ0n) is 13.6. The fourth-order valence-electron chi connectivity index (χ4n) is 2.74. The number of benzene rings is 2. The zero-order chi connectivity index (χ0) is 17.5. The molecule has 0 saturated heterocycles. The Hall–Kier alpha value is -3.18.